The van der Waals surface area contributed by atoms with Crippen molar-refractivity contribution in [3.05, 3.63) is 12.8 Å². The number of ether oxygens (including phenoxy) is 2. The molecule has 78 valence electrons. The van der Waals surface area contributed by atoms with Gasteiger partial charge in [0.15, 0.2) is 6.79 Å². The van der Waals surface area contributed by atoms with Crippen molar-refractivity contribution < 1.29 is 24.8 Å². The van der Waals surface area contributed by atoms with E-state index in [0.29, 0.717) is 0 Å². The molecule has 5 nitrogen and oxygen atoms in total. The monoisotopic (exact) mass is 192 g/mol. The van der Waals surface area contributed by atoms with Crippen LogP contribution in [0.2, 0.25) is 0 Å². The molecule has 0 amide bonds. The summed E-state index contributed by atoms with van der Waals surface area (Å²) in [6.45, 7) is 2.31. The van der Waals surface area contributed by atoms with Crippen molar-refractivity contribution in [2.24, 2.45) is 5.41 Å². The Morgan fingerprint density at radius 2 is 1.69 bits per heavy atom. The topological polar surface area (TPSA) is 79.2 Å². The third-order valence-corrected chi connectivity index (χ3v) is 1.68. The Labute approximate surface area is 77.2 Å². The number of aliphatic hydroxyl groups is 3. The van der Waals surface area contributed by atoms with Gasteiger partial charge in [-0.05, 0) is 0 Å². The minimum absolute atomic E-state index is 0.00868. The first-order valence-corrected chi connectivity index (χ1v) is 3.87. The summed E-state index contributed by atoms with van der Waals surface area (Å²) < 4.78 is 9.60. The quantitative estimate of drug-likeness (QED) is 0.263. The van der Waals surface area contributed by atoms with E-state index in [1.54, 1.807) is 0 Å². The molecule has 0 atom stereocenters. The first kappa shape index (κ1) is 12.4. The van der Waals surface area contributed by atoms with E-state index < -0.39 is 5.41 Å². The van der Waals surface area contributed by atoms with Crippen molar-refractivity contribution >= 4 is 0 Å². The first-order chi connectivity index (χ1) is 6.24. The van der Waals surface area contributed by atoms with Crippen LogP contribution in [-0.4, -0.2) is 48.5 Å². The maximum Gasteiger partial charge on any atom is 0.188 e. The molecule has 0 unspecified atom stereocenters. The summed E-state index contributed by atoms with van der Waals surface area (Å²) in [5.74, 6) is 0. The van der Waals surface area contributed by atoms with Crippen LogP contribution in [0.1, 0.15) is 0 Å². The van der Waals surface area contributed by atoms with Gasteiger partial charge in [0.2, 0.25) is 0 Å². The lowest BCUT2D eigenvalue weighted by Crippen LogP contribution is -2.38. The Morgan fingerprint density at radius 3 is 2.08 bits per heavy atom. The van der Waals surface area contributed by atoms with Gasteiger partial charge >= 0.3 is 0 Å². The third kappa shape index (κ3) is 4.23. The van der Waals surface area contributed by atoms with E-state index in [-0.39, 0.29) is 33.2 Å². The van der Waals surface area contributed by atoms with Crippen LogP contribution in [0, 0.1) is 5.41 Å². The number of rotatable bonds is 8. The molecule has 0 heterocycles. The van der Waals surface area contributed by atoms with Crippen molar-refractivity contribution in [3.8, 4) is 0 Å². The van der Waals surface area contributed by atoms with Crippen LogP contribution in [0.25, 0.3) is 0 Å². The highest BCUT2D eigenvalue weighted by molar-refractivity contribution is 4.76. The van der Waals surface area contributed by atoms with Crippen LogP contribution in [0.15, 0.2) is 12.8 Å². The van der Waals surface area contributed by atoms with E-state index in [1.807, 2.05) is 0 Å². The van der Waals surface area contributed by atoms with Gasteiger partial charge in [-0.2, -0.15) is 0 Å². The Morgan fingerprint density at radius 1 is 1.15 bits per heavy atom. The molecule has 0 aromatic heterocycles. The van der Waals surface area contributed by atoms with Gasteiger partial charge in [0.05, 0.1) is 38.1 Å². The summed E-state index contributed by atoms with van der Waals surface area (Å²) in [4.78, 5) is 0. The summed E-state index contributed by atoms with van der Waals surface area (Å²) in [6, 6.07) is 0. The van der Waals surface area contributed by atoms with Gasteiger partial charge in [0.25, 0.3) is 0 Å². The van der Waals surface area contributed by atoms with Crippen LogP contribution >= 0.6 is 0 Å². The van der Waals surface area contributed by atoms with Crippen LogP contribution in [0.5, 0.6) is 0 Å². The van der Waals surface area contributed by atoms with E-state index in [9.17, 15) is 0 Å². The van der Waals surface area contributed by atoms with E-state index in [2.05, 4.69) is 11.3 Å². The molecule has 13 heavy (non-hydrogen) atoms. The van der Waals surface area contributed by atoms with Crippen molar-refractivity contribution in [2.75, 3.05) is 33.2 Å². The van der Waals surface area contributed by atoms with Crippen LogP contribution in [-0.2, 0) is 9.47 Å². The first-order valence-electron chi connectivity index (χ1n) is 3.87. The van der Waals surface area contributed by atoms with E-state index in [0.717, 1.165) is 0 Å². The maximum atomic E-state index is 8.87. The number of aliphatic hydroxyl groups excluding tert-OH is 3. The molecular weight excluding hydrogens is 176 g/mol. The summed E-state index contributed by atoms with van der Waals surface area (Å²) in [6.07, 6.45) is 1.22. The molecule has 0 fully saturated rings. The number of hydrogen-bond donors (Lipinski definition) is 3. The molecule has 3 N–H and O–H groups in total. The van der Waals surface area contributed by atoms with Gasteiger partial charge in [-0.15, -0.1) is 0 Å². The average molecular weight is 192 g/mol. The van der Waals surface area contributed by atoms with E-state index in [4.69, 9.17) is 20.1 Å². The second kappa shape index (κ2) is 6.85. The number of hydrogen-bond acceptors (Lipinski definition) is 5. The highest BCUT2D eigenvalue weighted by Crippen LogP contribution is 2.14. The van der Waals surface area contributed by atoms with Crippen molar-refractivity contribution in [1.29, 1.82) is 0 Å². The predicted octanol–water partition coefficient (Wildman–Crippen LogP) is -0.916. The van der Waals surface area contributed by atoms with Gasteiger partial charge in [0.1, 0.15) is 0 Å². The zero-order chi connectivity index (χ0) is 10.2. The maximum absolute atomic E-state index is 8.87. The fraction of sp³-hybridized carbons (Fsp3) is 0.750. The second-order valence-electron chi connectivity index (χ2n) is 2.77. The molecule has 0 spiro atoms. The molecule has 0 radical (unpaired) electrons. The summed E-state index contributed by atoms with van der Waals surface area (Å²) >= 11 is 0. The minimum Gasteiger partial charge on any atom is -0.476 e. The van der Waals surface area contributed by atoms with Gasteiger partial charge in [0, 0.05) is 0 Å². The smallest absolute Gasteiger partial charge is 0.188 e. The largest absolute Gasteiger partial charge is 0.476 e. The van der Waals surface area contributed by atoms with E-state index in [1.165, 1.54) is 6.26 Å². The summed E-state index contributed by atoms with van der Waals surface area (Å²) in [7, 11) is 0. The fourth-order valence-corrected chi connectivity index (χ4v) is 0.641. The lowest BCUT2D eigenvalue weighted by Gasteiger charge is -2.26. The average Bonchev–Trinajstić information content (AvgIpc) is 2.20. The molecular formula is C8H16O5. The van der Waals surface area contributed by atoms with Gasteiger partial charge in [-0.3, -0.25) is 0 Å². The zero-order valence-corrected chi connectivity index (χ0v) is 7.48. The fourth-order valence-electron chi connectivity index (χ4n) is 0.641. The summed E-state index contributed by atoms with van der Waals surface area (Å²) in [5.41, 5.74) is -0.996. The molecule has 0 aliphatic carbocycles. The van der Waals surface area contributed by atoms with Crippen LogP contribution in [0.4, 0.5) is 0 Å². The van der Waals surface area contributed by atoms with Gasteiger partial charge < -0.3 is 24.8 Å². The predicted molar refractivity (Wildman–Crippen MR) is 45.8 cm³/mol. The molecule has 0 saturated heterocycles. The standard InChI is InChI=1S/C8H16O5/c1-2-12-7-13-6-8(3-9,4-10)5-11/h2,9-11H,1,3-7H2. The second-order valence-corrected chi connectivity index (χ2v) is 2.77. The van der Waals surface area contributed by atoms with Crippen molar-refractivity contribution in [2.45, 2.75) is 0 Å². The molecule has 0 aromatic rings. The van der Waals surface area contributed by atoms with Gasteiger partial charge in [-0.1, -0.05) is 6.58 Å². The molecule has 5 heteroatoms. The highest BCUT2D eigenvalue weighted by atomic mass is 16.7. The molecule has 0 aromatic carbocycles. The Balaban J connectivity index is 3.74. The molecule has 0 aliphatic heterocycles. The molecule has 0 aliphatic rings. The van der Waals surface area contributed by atoms with Crippen molar-refractivity contribution in [1.82, 2.24) is 0 Å². The Kier molecular flexibility index (Phi) is 6.52. The third-order valence-electron chi connectivity index (χ3n) is 1.68. The molecule has 0 bridgehead atoms. The molecule has 0 saturated carbocycles. The highest BCUT2D eigenvalue weighted by Gasteiger charge is 2.28. The normalized spacial score (nSPS) is 11.3. The lowest BCUT2D eigenvalue weighted by molar-refractivity contribution is -0.0968. The molecule has 0 rings (SSSR count). The SMILES string of the molecule is C=COCOCC(CO)(CO)CO. The van der Waals surface area contributed by atoms with Gasteiger partial charge in [-0.25, -0.2) is 0 Å². The summed E-state index contributed by atoms with van der Waals surface area (Å²) in [5, 5.41) is 26.6. The zero-order valence-electron chi connectivity index (χ0n) is 7.48. The Hall–Kier alpha value is -0.620. The Bertz CT molecular complexity index is 124. The van der Waals surface area contributed by atoms with Crippen LogP contribution < -0.4 is 0 Å². The van der Waals surface area contributed by atoms with E-state index >= 15 is 0 Å². The lowest BCUT2D eigenvalue weighted by atomic mass is 9.93. The minimum atomic E-state index is -0.996. The van der Waals surface area contributed by atoms with Crippen molar-refractivity contribution in [3.63, 3.8) is 0 Å². The van der Waals surface area contributed by atoms with Crippen LogP contribution in [0.3, 0.4) is 0 Å².